The molecular formula is C16H24N2O. The Hall–Kier alpha value is -1.35. The van der Waals surface area contributed by atoms with E-state index >= 15 is 0 Å². The van der Waals surface area contributed by atoms with Gasteiger partial charge in [0.15, 0.2) is 0 Å². The van der Waals surface area contributed by atoms with E-state index in [1.165, 1.54) is 16.7 Å². The highest BCUT2D eigenvalue weighted by atomic mass is 16.1. The second kappa shape index (κ2) is 5.33. The van der Waals surface area contributed by atoms with Crippen molar-refractivity contribution in [1.29, 1.82) is 0 Å². The van der Waals surface area contributed by atoms with E-state index < -0.39 is 0 Å². The third kappa shape index (κ3) is 2.98. The maximum absolute atomic E-state index is 12.1. The number of nitrogens with one attached hydrogen (secondary N) is 2. The molecule has 1 aromatic carbocycles. The smallest absolute Gasteiger partial charge is 0.228 e. The molecule has 0 saturated carbocycles. The summed E-state index contributed by atoms with van der Waals surface area (Å²) in [4.78, 5) is 12.1. The van der Waals surface area contributed by atoms with Crippen molar-refractivity contribution in [3.8, 4) is 0 Å². The average molecular weight is 260 g/mol. The normalized spacial score (nSPS) is 18.8. The van der Waals surface area contributed by atoms with Crippen LogP contribution >= 0.6 is 0 Å². The van der Waals surface area contributed by atoms with Crippen molar-refractivity contribution in [2.75, 3.05) is 13.1 Å². The molecule has 0 aliphatic carbocycles. The molecule has 3 heteroatoms. The number of rotatable bonds is 2. The first-order valence-electron chi connectivity index (χ1n) is 7.05. The van der Waals surface area contributed by atoms with Gasteiger partial charge in [0.05, 0.1) is 5.92 Å². The highest BCUT2D eigenvalue weighted by Gasteiger charge is 2.27. The first-order valence-corrected chi connectivity index (χ1v) is 7.05. The SMILES string of the molecule is CCNC(=O)C1CNCc2cc(C(C)(C)C)ccc21. The molecule has 1 amide bonds. The summed E-state index contributed by atoms with van der Waals surface area (Å²) >= 11 is 0. The van der Waals surface area contributed by atoms with Crippen LogP contribution in [-0.4, -0.2) is 19.0 Å². The van der Waals surface area contributed by atoms with Crippen LogP contribution in [-0.2, 0) is 16.8 Å². The minimum absolute atomic E-state index is 0.0577. The standard InChI is InChI=1S/C16H24N2O/c1-5-18-15(19)14-10-17-9-11-8-12(16(2,3)4)6-7-13(11)14/h6-8,14,17H,5,9-10H2,1-4H3,(H,18,19). The molecule has 1 aromatic rings. The summed E-state index contributed by atoms with van der Waals surface area (Å²) < 4.78 is 0. The molecule has 1 atom stereocenters. The summed E-state index contributed by atoms with van der Waals surface area (Å²) in [7, 11) is 0. The lowest BCUT2D eigenvalue weighted by Gasteiger charge is -2.28. The van der Waals surface area contributed by atoms with Crippen LogP contribution in [0.2, 0.25) is 0 Å². The molecule has 104 valence electrons. The summed E-state index contributed by atoms with van der Waals surface area (Å²) in [5, 5.41) is 6.27. The van der Waals surface area contributed by atoms with Gasteiger partial charge >= 0.3 is 0 Å². The number of benzene rings is 1. The fraction of sp³-hybridized carbons (Fsp3) is 0.562. The molecule has 2 N–H and O–H groups in total. The number of hydrogen-bond acceptors (Lipinski definition) is 2. The van der Waals surface area contributed by atoms with Crippen LogP contribution in [0, 0.1) is 0 Å². The predicted molar refractivity (Wildman–Crippen MR) is 78.3 cm³/mol. The zero-order valence-corrected chi connectivity index (χ0v) is 12.3. The molecular weight excluding hydrogens is 236 g/mol. The Labute approximate surface area is 115 Å². The molecule has 1 heterocycles. The van der Waals surface area contributed by atoms with Crippen molar-refractivity contribution in [2.24, 2.45) is 0 Å². The lowest BCUT2D eigenvalue weighted by atomic mass is 9.82. The molecule has 0 saturated heterocycles. The summed E-state index contributed by atoms with van der Waals surface area (Å²) in [5.41, 5.74) is 3.91. The quantitative estimate of drug-likeness (QED) is 0.856. The zero-order valence-electron chi connectivity index (χ0n) is 12.3. The van der Waals surface area contributed by atoms with Crippen LogP contribution in [0.3, 0.4) is 0 Å². The number of fused-ring (bicyclic) bond motifs is 1. The van der Waals surface area contributed by atoms with E-state index in [0.29, 0.717) is 6.54 Å². The van der Waals surface area contributed by atoms with Crippen molar-refractivity contribution < 1.29 is 4.79 Å². The van der Waals surface area contributed by atoms with Gasteiger partial charge in [-0.2, -0.15) is 0 Å². The van der Waals surface area contributed by atoms with E-state index in [0.717, 1.165) is 13.1 Å². The van der Waals surface area contributed by atoms with E-state index in [9.17, 15) is 4.79 Å². The van der Waals surface area contributed by atoms with Gasteiger partial charge in [-0.1, -0.05) is 39.0 Å². The number of carbonyl (C=O) groups is 1. The maximum Gasteiger partial charge on any atom is 0.228 e. The van der Waals surface area contributed by atoms with E-state index in [2.05, 4.69) is 49.6 Å². The largest absolute Gasteiger partial charge is 0.356 e. The van der Waals surface area contributed by atoms with Gasteiger partial charge in [0, 0.05) is 19.6 Å². The molecule has 1 aliphatic rings. The first kappa shape index (κ1) is 14.1. The zero-order chi connectivity index (χ0) is 14.0. The lowest BCUT2D eigenvalue weighted by Crippen LogP contribution is -2.39. The monoisotopic (exact) mass is 260 g/mol. The molecule has 0 fully saturated rings. The van der Waals surface area contributed by atoms with Crippen molar-refractivity contribution in [3.05, 3.63) is 34.9 Å². The fourth-order valence-electron chi connectivity index (χ4n) is 2.56. The Morgan fingerprint density at radius 1 is 1.42 bits per heavy atom. The summed E-state index contributed by atoms with van der Waals surface area (Å²) in [6.45, 7) is 10.9. The molecule has 19 heavy (non-hydrogen) atoms. The molecule has 1 aliphatic heterocycles. The predicted octanol–water partition coefficient (Wildman–Crippen LogP) is 2.31. The molecule has 0 bridgehead atoms. The van der Waals surface area contributed by atoms with Crippen molar-refractivity contribution in [3.63, 3.8) is 0 Å². The molecule has 2 rings (SSSR count). The van der Waals surface area contributed by atoms with Crippen LogP contribution in [0.25, 0.3) is 0 Å². The van der Waals surface area contributed by atoms with E-state index in [-0.39, 0.29) is 17.2 Å². The summed E-state index contributed by atoms with van der Waals surface area (Å²) in [5.74, 6) is 0.0668. The molecule has 0 radical (unpaired) electrons. The van der Waals surface area contributed by atoms with Gasteiger partial charge in [-0.25, -0.2) is 0 Å². The minimum Gasteiger partial charge on any atom is -0.356 e. The first-order chi connectivity index (χ1) is 8.93. The Kier molecular flexibility index (Phi) is 3.95. The van der Waals surface area contributed by atoms with Gasteiger partial charge in [0.25, 0.3) is 0 Å². The number of carbonyl (C=O) groups excluding carboxylic acids is 1. The molecule has 1 unspecified atom stereocenters. The third-order valence-electron chi connectivity index (χ3n) is 3.72. The van der Waals surface area contributed by atoms with Gasteiger partial charge in [-0.15, -0.1) is 0 Å². The van der Waals surface area contributed by atoms with Gasteiger partial charge in [0.1, 0.15) is 0 Å². The van der Waals surface area contributed by atoms with E-state index in [1.807, 2.05) is 6.92 Å². The van der Waals surface area contributed by atoms with Crippen LogP contribution in [0.5, 0.6) is 0 Å². The highest BCUT2D eigenvalue weighted by Crippen LogP contribution is 2.29. The minimum atomic E-state index is -0.0577. The van der Waals surface area contributed by atoms with Crippen molar-refractivity contribution >= 4 is 5.91 Å². The number of hydrogen-bond donors (Lipinski definition) is 2. The average Bonchev–Trinajstić information content (AvgIpc) is 2.36. The Bertz CT molecular complexity index is 474. The fourth-order valence-corrected chi connectivity index (χ4v) is 2.56. The topological polar surface area (TPSA) is 41.1 Å². The van der Waals surface area contributed by atoms with Crippen LogP contribution < -0.4 is 10.6 Å². The van der Waals surface area contributed by atoms with E-state index in [4.69, 9.17) is 0 Å². The highest BCUT2D eigenvalue weighted by molar-refractivity contribution is 5.84. The van der Waals surface area contributed by atoms with Crippen LogP contribution in [0.4, 0.5) is 0 Å². The van der Waals surface area contributed by atoms with E-state index in [1.54, 1.807) is 0 Å². The van der Waals surface area contributed by atoms with Crippen molar-refractivity contribution in [1.82, 2.24) is 10.6 Å². The van der Waals surface area contributed by atoms with Crippen LogP contribution in [0.15, 0.2) is 18.2 Å². The van der Waals surface area contributed by atoms with Gasteiger partial charge in [-0.3, -0.25) is 4.79 Å². The second-order valence-corrected chi connectivity index (χ2v) is 6.24. The molecule has 0 aromatic heterocycles. The second-order valence-electron chi connectivity index (χ2n) is 6.24. The summed E-state index contributed by atoms with van der Waals surface area (Å²) in [6, 6.07) is 6.54. The third-order valence-corrected chi connectivity index (χ3v) is 3.72. The Morgan fingerprint density at radius 2 is 2.16 bits per heavy atom. The maximum atomic E-state index is 12.1. The number of amides is 1. The molecule has 3 nitrogen and oxygen atoms in total. The Morgan fingerprint density at radius 3 is 2.79 bits per heavy atom. The van der Waals surface area contributed by atoms with Gasteiger partial charge in [0.2, 0.25) is 5.91 Å². The van der Waals surface area contributed by atoms with Crippen LogP contribution in [0.1, 0.15) is 50.3 Å². The van der Waals surface area contributed by atoms with Crippen molar-refractivity contribution in [2.45, 2.75) is 45.6 Å². The van der Waals surface area contributed by atoms with Gasteiger partial charge < -0.3 is 10.6 Å². The summed E-state index contributed by atoms with van der Waals surface area (Å²) in [6.07, 6.45) is 0. The number of likely N-dealkylation sites (N-methyl/N-ethyl adjacent to an activating group) is 1. The van der Waals surface area contributed by atoms with Gasteiger partial charge in [-0.05, 0) is 29.0 Å². The molecule has 0 spiro atoms. The Balaban J connectivity index is 2.33. The lowest BCUT2D eigenvalue weighted by molar-refractivity contribution is -0.122.